The van der Waals surface area contributed by atoms with Gasteiger partial charge >= 0.3 is 6.09 Å². The van der Waals surface area contributed by atoms with E-state index in [2.05, 4.69) is 4.98 Å². The molecule has 32 heavy (non-hydrogen) atoms. The Hall–Kier alpha value is -2.37. The van der Waals surface area contributed by atoms with E-state index in [1.165, 1.54) is 5.56 Å². The smallest absolute Gasteiger partial charge is 0.411 e. The predicted molar refractivity (Wildman–Crippen MR) is 129 cm³/mol. The van der Waals surface area contributed by atoms with Gasteiger partial charge in [0, 0.05) is 34.0 Å². The summed E-state index contributed by atoms with van der Waals surface area (Å²) in [6.45, 7) is 6.77. The van der Waals surface area contributed by atoms with Crippen molar-refractivity contribution in [3.05, 3.63) is 64.3 Å². The van der Waals surface area contributed by atoms with Gasteiger partial charge in [-0.2, -0.15) is 0 Å². The fraction of sp³-hybridized carbons (Fsp3) is 0.400. The molecule has 1 amide bonds. The van der Waals surface area contributed by atoms with Crippen LogP contribution in [-0.2, 0) is 11.2 Å². The second-order valence-electron chi connectivity index (χ2n) is 8.99. The third-order valence-corrected chi connectivity index (χ3v) is 5.96. The van der Waals surface area contributed by atoms with Crippen molar-refractivity contribution in [1.82, 2.24) is 9.88 Å². The van der Waals surface area contributed by atoms with Crippen LogP contribution in [0.3, 0.4) is 0 Å². The molecule has 2 heterocycles. The van der Waals surface area contributed by atoms with Crippen LogP contribution in [0.5, 0.6) is 5.75 Å². The van der Waals surface area contributed by atoms with Gasteiger partial charge in [0.1, 0.15) is 17.4 Å². The molecule has 0 fully saturated rings. The molecule has 0 spiro atoms. The number of nitrogens with zero attached hydrogens (tertiary/aromatic N) is 1. The Bertz CT molecular complexity index is 1100. The number of rotatable bonds is 5. The van der Waals surface area contributed by atoms with Gasteiger partial charge < -0.3 is 14.5 Å². The highest BCUT2D eigenvalue weighted by molar-refractivity contribution is 6.31. The van der Waals surface area contributed by atoms with Gasteiger partial charge in [0.15, 0.2) is 0 Å². The largest absolute Gasteiger partial charge is 0.494 e. The molecule has 0 saturated heterocycles. The first-order chi connectivity index (χ1) is 15.3. The Kier molecular flexibility index (Phi) is 6.59. The third kappa shape index (κ3) is 4.84. The molecule has 0 radical (unpaired) electrons. The highest BCUT2D eigenvalue weighted by Crippen LogP contribution is 2.40. The second kappa shape index (κ2) is 9.24. The Labute approximate surface area is 198 Å². The maximum absolute atomic E-state index is 13.1. The van der Waals surface area contributed by atoms with Crippen molar-refractivity contribution in [3.63, 3.8) is 0 Å². The van der Waals surface area contributed by atoms with Gasteiger partial charge in [-0.05, 0) is 75.1 Å². The number of benzene rings is 2. The van der Waals surface area contributed by atoms with Crippen molar-refractivity contribution in [2.45, 2.75) is 45.3 Å². The lowest BCUT2D eigenvalue weighted by atomic mass is 9.92. The number of halogens is 2. The number of alkyl halides is 1. The van der Waals surface area contributed by atoms with Crippen molar-refractivity contribution in [1.29, 1.82) is 0 Å². The third-order valence-electron chi connectivity index (χ3n) is 5.46. The molecule has 1 aliphatic rings. The number of aromatic amines is 1. The summed E-state index contributed by atoms with van der Waals surface area (Å²) in [6, 6.07) is 13.4. The maximum Gasteiger partial charge on any atom is 0.411 e. The van der Waals surface area contributed by atoms with Gasteiger partial charge in [-0.3, -0.25) is 4.90 Å². The van der Waals surface area contributed by atoms with Crippen molar-refractivity contribution < 1.29 is 14.3 Å². The second-order valence-corrected chi connectivity index (χ2v) is 9.81. The number of carbonyl (C=O) groups excluding carboxylic acids is 1. The summed E-state index contributed by atoms with van der Waals surface area (Å²) < 4.78 is 11.5. The van der Waals surface area contributed by atoms with Crippen LogP contribution < -0.4 is 4.74 Å². The number of nitrogens with one attached hydrogen (secondary N) is 1. The van der Waals surface area contributed by atoms with Crippen LogP contribution in [0.2, 0.25) is 5.02 Å². The highest BCUT2D eigenvalue weighted by Gasteiger charge is 2.36. The zero-order valence-electron chi connectivity index (χ0n) is 18.6. The minimum Gasteiger partial charge on any atom is -0.494 e. The summed E-state index contributed by atoms with van der Waals surface area (Å²) in [5.41, 5.74) is 3.61. The lowest BCUT2D eigenvalue weighted by Gasteiger charge is -2.37. The molecule has 2 aromatic carbocycles. The summed E-state index contributed by atoms with van der Waals surface area (Å²) in [5.74, 6) is 1.35. The van der Waals surface area contributed by atoms with Crippen LogP contribution >= 0.6 is 23.2 Å². The topological polar surface area (TPSA) is 54.6 Å². The van der Waals surface area contributed by atoms with Crippen LogP contribution in [0.4, 0.5) is 4.79 Å². The number of fused-ring (bicyclic) bond motifs is 3. The van der Waals surface area contributed by atoms with Gasteiger partial charge in [0.25, 0.3) is 0 Å². The van der Waals surface area contributed by atoms with E-state index in [4.69, 9.17) is 32.7 Å². The molecular weight excluding hydrogens is 447 g/mol. The van der Waals surface area contributed by atoms with Gasteiger partial charge in [-0.25, -0.2) is 4.79 Å². The van der Waals surface area contributed by atoms with Crippen molar-refractivity contribution in [2.24, 2.45) is 0 Å². The quantitative estimate of drug-likeness (QED) is 0.330. The van der Waals surface area contributed by atoms with Crippen LogP contribution in [0.15, 0.2) is 42.5 Å². The van der Waals surface area contributed by atoms with Crippen LogP contribution in [0, 0.1) is 0 Å². The lowest BCUT2D eigenvalue weighted by Crippen LogP contribution is -2.43. The highest BCUT2D eigenvalue weighted by atomic mass is 35.5. The van der Waals surface area contributed by atoms with Crippen LogP contribution in [-0.4, -0.2) is 40.6 Å². The first-order valence-electron chi connectivity index (χ1n) is 10.8. The van der Waals surface area contributed by atoms with E-state index in [9.17, 15) is 4.79 Å². The summed E-state index contributed by atoms with van der Waals surface area (Å²) >= 11 is 12.0. The first kappa shape index (κ1) is 22.8. The van der Waals surface area contributed by atoms with E-state index >= 15 is 0 Å². The molecule has 1 aliphatic heterocycles. The molecule has 3 aromatic rings. The molecule has 4 rings (SSSR count). The average molecular weight is 475 g/mol. The molecule has 5 nitrogen and oxygen atoms in total. The average Bonchev–Trinajstić information content (AvgIpc) is 3.10. The summed E-state index contributed by atoms with van der Waals surface area (Å²) in [7, 11) is 0. The van der Waals surface area contributed by atoms with Crippen LogP contribution in [0.25, 0.3) is 10.9 Å². The molecular formula is C25H28Cl2N2O3. The molecule has 1 aromatic heterocycles. The number of ether oxygens (including phenoxy) is 2. The number of carbonyl (C=O) groups is 1. The molecule has 1 atom stereocenters. The molecule has 1 unspecified atom stereocenters. The zero-order valence-corrected chi connectivity index (χ0v) is 20.1. The van der Waals surface area contributed by atoms with E-state index in [0.29, 0.717) is 24.1 Å². The fourth-order valence-corrected chi connectivity index (χ4v) is 4.40. The molecule has 7 heteroatoms. The first-order valence-corrected chi connectivity index (χ1v) is 11.8. The minimum absolute atomic E-state index is 0.295. The van der Waals surface area contributed by atoms with Gasteiger partial charge in [0.2, 0.25) is 0 Å². The van der Waals surface area contributed by atoms with Gasteiger partial charge in [-0.1, -0.05) is 23.7 Å². The Morgan fingerprint density at radius 1 is 1.19 bits per heavy atom. The van der Waals surface area contributed by atoms with E-state index in [1.54, 1.807) is 4.90 Å². The van der Waals surface area contributed by atoms with E-state index < -0.39 is 5.60 Å². The van der Waals surface area contributed by atoms with E-state index in [-0.39, 0.29) is 12.1 Å². The molecule has 1 N–H and O–H groups in total. The predicted octanol–water partition coefficient (Wildman–Crippen LogP) is 6.71. The van der Waals surface area contributed by atoms with Crippen molar-refractivity contribution in [3.8, 4) is 5.75 Å². The van der Waals surface area contributed by atoms with Crippen molar-refractivity contribution >= 4 is 40.2 Å². The number of hydrogen-bond donors (Lipinski definition) is 1. The number of hydrogen-bond acceptors (Lipinski definition) is 3. The summed E-state index contributed by atoms with van der Waals surface area (Å²) in [4.78, 5) is 18.5. The zero-order chi connectivity index (χ0) is 22.9. The number of aromatic nitrogens is 1. The Morgan fingerprint density at radius 2 is 1.94 bits per heavy atom. The Morgan fingerprint density at radius 3 is 2.62 bits per heavy atom. The van der Waals surface area contributed by atoms with E-state index in [1.807, 2.05) is 63.2 Å². The number of amides is 1. The standard InChI is InChI=1S/C25H28Cl2N2O3/c1-25(2,3)32-24(30)29-13-11-19-20-15-17(27)7-10-21(20)28-22(19)23(29)16-5-8-18(9-6-16)31-14-4-12-26/h5-10,15,23,28H,4,11-14H2,1-3H3. The van der Waals surface area contributed by atoms with Gasteiger partial charge in [-0.15, -0.1) is 11.6 Å². The molecule has 170 valence electrons. The Balaban J connectivity index is 1.73. The minimum atomic E-state index is -0.573. The van der Waals surface area contributed by atoms with E-state index in [0.717, 1.165) is 40.8 Å². The maximum atomic E-state index is 13.1. The normalized spacial score (nSPS) is 16.2. The molecule has 0 bridgehead atoms. The SMILES string of the molecule is CC(C)(C)OC(=O)N1CCc2c([nH]c3ccc(Cl)cc23)C1c1ccc(OCCCCl)cc1. The fourth-order valence-electron chi connectivity index (χ4n) is 4.12. The number of H-pyrrole nitrogens is 1. The monoisotopic (exact) mass is 474 g/mol. The van der Waals surface area contributed by atoms with Crippen molar-refractivity contribution in [2.75, 3.05) is 19.0 Å². The molecule has 0 aliphatic carbocycles. The summed E-state index contributed by atoms with van der Waals surface area (Å²) in [5, 5.41) is 1.80. The van der Waals surface area contributed by atoms with Crippen LogP contribution in [0.1, 0.15) is 50.1 Å². The lowest BCUT2D eigenvalue weighted by molar-refractivity contribution is 0.0175. The summed E-state index contributed by atoms with van der Waals surface area (Å²) in [6.07, 6.45) is 1.19. The van der Waals surface area contributed by atoms with Gasteiger partial charge in [0.05, 0.1) is 6.61 Å². The molecule has 0 saturated carbocycles.